The lowest BCUT2D eigenvalue weighted by atomic mass is 10.1. The number of hydrogen-bond acceptors (Lipinski definition) is 10. The quantitative estimate of drug-likeness (QED) is 0.118. The van der Waals surface area contributed by atoms with Crippen LogP contribution in [0.1, 0.15) is 38.5 Å². The average molecular weight is 563 g/mol. The summed E-state index contributed by atoms with van der Waals surface area (Å²) >= 11 is 0. The third kappa shape index (κ3) is 9.36. The fourth-order valence-electron chi connectivity index (χ4n) is 3.93. The first-order valence-corrected chi connectivity index (χ1v) is 14.4. The van der Waals surface area contributed by atoms with Gasteiger partial charge in [0, 0.05) is 18.1 Å². The molecule has 2 aliphatic heterocycles. The molecule has 2 heterocycles. The Morgan fingerprint density at radius 2 is 1.78 bits per heavy atom. The van der Waals surface area contributed by atoms with Gasteiger partial charge in [0.1, 0.15) is 24.2 Å². The zero-order valence-electron chi connectivity index (χ0n) is 20.2. The second-order valence-corrected chi connectivity index (χ2v) is 11.3. The van der Waals surface area contributed by atoms with Gasteiger partial charge < -0.3 is 42.5 Å². The number of aliphatic carboxylic acids is 2. The van der Waals surface area contributed by atoms with E-state index >= 15 is 0 Å². The third-order valence-electron chi connectivity index (χ3n) is 5.94. The van der Waals surface area contributed by atoms with Crippen molar-refractivity contribution in [3.8, 4) is 0 Å². The summed E-state index contributed by atoms with van der Waals surface area (Å²) in [7, 11) is 2.17. The number of nitrogens with one attached hydrogen (secondary N) is 3. The maximum Gasteiger partial charge on any atom is 0.327 e. The first-order valence-electron chi connectivity index (χ1n) is 11.9. The van der Waals surface area contributed by atoms with Crippen LogP contribution in [-0.2, 0) is 28.8 Å². The molecule has 0 bridgehead atoms. The van der Waals surface area contributed by atoms with Crippen LogP contribution >= 0.6 is 21.6 Å². The molecule has 2 rings (SSSR count). The summed E-state index contributed by atoms with van der Waals surface area (Å²) in [6.45, 7) is 0.588. The summed E-state index contributed by atoms with van der Waals surface area (Å²) in [5.74, 6) is -5.49. The maximum atomic E-state index is 13.2. The second-order valence-electron chi connectivity index (χ2n) is 8.77. The van der Waals surface area contributed by atoms with Crippen LogP contribution in [0.5, 0.6) is 0 Å². The summed E-state index contributed by atoms with van der Waals surface area (Å²) < 4.78 is 0. The van der Waals surface area contributed by atoms with E-state index in [0.29, 0.717) is 32.2 Å². The lowest BCUT2D eigenvalue weighted by Gasteiger charge is -2.30. The number of carbonyl (C=O) groups excluding carboxylic acids is 4. The molecular weight excluding hydrogens is 528 g/mol. The Labute approximate surface area is 221 Å². The average Bonchev–Trinajstić information content (AvgIpc) is 3.33. The summed E-state index contributed by atoms with van der Waals surface area (Å²) in [5.41, 5.74) is 11.4. The number of nitrogens with zero attached hydrogens (tertiary/aromatic N) is 1. The molecule has 2 saturated heterocycles. The van der Waals surface area contributed by atoms with Crippen LogP contribution < -0.4 is 27.4 Å². The number of rotatable bonds is 9. The minimum Gasteiger partial charge on any atom is -0.481 e. The van der Waals surface area contributed by atoms with E-state index in [9.17, 15) is 39.0 Å². The Morgan fingerprint density at radius 3 is 2.43 bits per heavy atom. The van der Waals surface area contributed by atoms with E-state index in [4.69, 9.17) is 11.5 Å². The standard InChI is InChI=1S/C21H34N6O8S2/c22-6-2-1-4-11(23)17(30)25-13-9-36-37-10-14(21(34)35)26-19(32)15-5-3-7-27(15)20(33)12(8-16(28)29)24-18(13)31/h11-15H,1-10,22-23H2,(H,24,31)(H,25,30)(H,26,32)(H,28,29)(H,34,35)/t11-,12-,13-,14-,15-/m0/s1. The van der Waals surface area contributed by atoms with Crippen molar-refractivity contribution in [1.82, 2.24) is 20.9 Å². The van der Waals surface area contributed by atoms with E-state index < -0.39 is 72.2 Å². The highest BCUT2D eigenvalue weighted by Gasteiger charge is 2.40. The smallest absolute Gasteiger partial charge is 0.327 e. The first kappa shape index (κ1) is 30.7. The van der Waals surface area contributed by atoms with E-state index in [1.165, 1.54) is 0 Å². The second kappa shape index (κ2) is 15.0. The molecule has 14 nitrogen and oxygen atoms in total. The summed E-state index contributed by atoms with van der Waals surface area (Å²) in [6, 6.07) is -5.82. The molecule has 0 aliphatic carbocycles. The number of nitrogens with two attached hydrogens (primary N) is 2. The SMILES string of the molecule is NCCCC[C@H](N)C(=O)N[C@H]1CSSC[C@@H](C(=O)O)NC(=O)[C@@H]2CCCN2C(=O)[C@H](CC(=O)O)NC1=O. The molecule has 0 saturated carbocycles. The minimum atomic E-state index is -1.49. The highest BCUT2D eigenvalue weighted by Crippen LogP contribution is 2.25. The molecular formula is C21H34N6O8S2. The van der Waals surface area contributed by atoms with E-state index in [0.717, 1.165) is 26.5 Å². The molecule has 0 radical (unpaired) electrons. The van der Waals surface area contributed by atoms with E-state index in [-0.39, 0.29) is 24.5 Å². The van der Waals surface area contributed by atoms with Crippen LogP contribution in [0, 0.1) is 0 Å². The Hall–Kier alpha value is -2.56. The lowest BCUT2D eigenvalue weighted by molar-refractivity contribution is -0.147. The molecule has 0 aromatic rings. The van der Waals surface area contributed by atoms with Gasteiger partial charge in [0.25, 0.3) is 0 Å². The fourth-order valence-corrected chi connectivity index (χ4v) is 6.25. The van der Waals surface area contributed by atoms with E-state index in [1.807, 2.05) is 0 Å². The lowest BCUT2D eigenvalue weighted by Crippen LogP contribution is -2.59. The van der Waals surface area contributed by atoms with Gasteiger partial charge in [0.05, 0.1) is 12.5 Å². The number of carbonyl (C=O) groups is 6. The molecule has 2 aliphatic rings. The molecule has 2 fully saturated rings. The van der Waals surface area contributed by atoms with Gasteiger partial charge >= 0.3 is 11.9 Å². The van der Waals surface area contributed by atoms with E-state index in [1.54, 1.807) is 0 Å². The van der Waals surface area contributed by atoms with Crippen LogP contribution in [0.15, 0.2) is 0 Å². The predicted octanol–water partition coefficient (Wildman–Crippen LogP) is -2.16. The number of unbranched alkanes of at least 4 members (excludes halogenated alkanes) is 1. The van der Waals surface area contributed by atoms with Crippen LogP contribution in [-0.4, -0.2) is 105 Å². The zero-order valence-corrected chi connectivity index (χ0v) is 21.9. The van der Waals surface area contributed by atoms with Crippen molar-refractivity contribution in [2.45, 2.75) is 68.7 Å². The van der Waals surface area contributed by atoms with Crippen LogP contribution in [0.2, 0.25) is 0 Å². The monoisotopic (exact) mass is 562 g/mol. The number of carboxylic acids is 2. The van der Waals surface area contributed by atoms with Crippen molar-refractivity contribution >= 4 is 57.2 Å². The highest BCUT2D eigenvalue weighted by atomic mass is 33.1. The van der Waals surface area contributed by atoms with Crippen molar-refractivity contribution in [2.75, 3.05) is 24.6 Å². The highest BCUT2D eigenvalue weighted by molar-refractivity contribution is 8.76. The molecule has 5 atom stereocenters. The first-order chi connectivity index (χ1) is 17.5. The number of amides is 4. The van der Waals surface area contributed by atoms with Crippen molar-refractivity contribution in [2.24, 2.45) is 11.5 Å². The molecule has 37 heavy (non-hydrogen) atoms. The van der Waals surface area contributed by atoms with Gasteiger partial charge in [-0.25, -0.2) is 4.79 Å². The van der Waals surface area contributed by atoms with E-state index in [2.05, 4.69) is 16.0 Å². The zero-order chi connectivity index (χ0) is 27.5. The Bertz CT molecular complexity index is 878. The number of carboxylic acid groups (broad SMARTS) is 2. The Morgan fingerprint density at radius 1 is 1.08 bits per heavy atom. The summed E-state index contributed by atoms with van der Waals surface area (Å²) in [5, 5.41) is 26.3. The van der Waals surface area contributed by atoms with Gasteiger partial charge in [-0.05, 0) is 32.2 Å². The van der Waals surface area contributed by atoms with Crippen LogP contribution in [0.25, 0.3) is 0 Å². The van der Waals surface area contributed by atoms with Gasteiger partial charge in [0.15, 0.2) is 0 Å². The minimum absolute atomic E-state index is 0.0294. The molecule has 4 amide bonds. The van der Waals surface area contributed by atoms with Crippen LogP contribution in [0.4, 0.5) is 0 Å². The van der Waals surface area contributed by atoms with Crippen molar-refractivity contribution < 1.29 is 39.0 Å². The fraction of sp³-hybridized carbons (Fsp3) is 0.714. The van der Waals surface area contributed by atoms with Gasteiger partial charge in [-0.15, -0.1) is 0 Å². The molecule has 208 valence electrons. The Kier molecular flexibility index (Phi) is 12.4. The molecule has 0 unspecified atom stereocenters. The van der Waals surface area contributed by atoms with Gasteiger partial charge in [-0.3, -0.25) is 24.0 Å². The molecule has 0 aromatic carbocycles. The Balaban J connectivity index is 2.28. The molecule has 16 heteroatoms. The van der Waals surface area contributed by atoms with Gasteiger partial charge in [0.2, 0.25) is 23.6 Å². The van der Waals surface area contributed by atoms with Crippen molar-refractivity contribution in [1.29, 1.82) is 0 Å². The molecule has 9 N–H and O–H groups in total. The van der Waals surface area contributed by atoms with Crippen molar-refractivity contribution in [3.63, 3.8) is 0 Å². The topological polar surface area (TPSA) is 234 Å². The van der Waals surface area contributed by atoms with Crippen molar-refractivity contribution in [3.05, 3.63) is 0 Å². The largest absolute Gasteiger partial charge is 0.481 e. The molecule has 0 spiro atoms. The third-order valence-corrected chi connectivity index (χ3v) is 8.36. The molecule has 0 aromatic heterocycles. The maximum absolute atomic E-state index is 13.2. The van der Waals surface area contributed by atoms with Gasteiger partial charge in [-0.2, -0.15) is 0 Å². The summed E-state index contributed by atoms with van der Waals surface area (Å²) in [6.07, 6.45) is 1.60. The number of hydrogen-bond donors (Lipinski definition) is 7. The summed E-state index contributed by atoms with van der Waals surface area (Å²) in [4.78, 5) is 76.1. The van der Waals surface area contributed by atoms with Gasteiger partial charge in [-0.1, -0.05) is 28.0 Å². The number of fused-ring (bicyclic) bond motifs is 1. The predicted molar refractivity (Wildman–Crippen MR) is 136 cm³/mol. The van der Waals surface area contributed by atoms with Crippen LogP contribution in [0.3, 0.4) is 0 Å². The normalized spacial score (nSPS) is 26.3.